The third kappa shape index (κ3) is 28.3. The Morgan fingerprint density at radius 1 is 0.374 bits per heavy atom. The highest BCUT2D eigenvalue weighted by Crippen LogP contribution is 2.61. The number of hydrogen-bond donors (Lipinski definition) is 0. The molecule has 0 bridgehead atoms. The Morgan fingerprint density at radius 3 is 1.03 bits per heavy atom. The molecule has 0 aromatic heterocycles. The first kappa shape index (κ1) is 99.5. The minimum atomic E-state index is -4.66. The molecule has 0 nitrogen and oxygen atoms in total. The highest BCUT2D eigenvalue weighted by molar-refractivity contribution is 5.32. The van der Waals surface area contributed by atoms with Crippen LogP contribution in [0.25, 0.3) is 0 Å². The molecule has 3 unspecified atom stereocenters. The van der Waals surface area contributed by atoms with Gasteiger partial charge in [0, 0.05) is 23.7 Å². The highest BCUT2D eigenvalue weighted by atomic mass is 19.4. The SMILES string of the molecule is CC1(F)CC(F)(F)CC1(F)F.CC1(F)CCC(F)(F)CC1(F)F.CC1CCC(C)(C(F)(F)F)CC1.C[C@@H]1CCC(C)(C(F)F)C(F)(F)C1(F)F.C[C@@H]1CCC(C)(C)C(F)(F)C1(F)F.Cc1ccc(C)cc1.Cc1ccccc1.Cc1ccccc1C.Cc1ccccc1C(C)(C)C.Cc1ccccc1C(C)C. The zero-order chi connectivity index (χ0) is 83.6. The molecular weight excluding hydrogens is 1450 g/mol. The van der Waals surface area contributed by atoms with Gasteiger partial charge in [0.05, 0.1) is 30.1 Å². The van der Waals surface area contributed by atoms with Crippen molar-refractivity contribution in [3.63, 3.8) is 0 Å². The summed E-state index contributed by atoms with van der Waals surface area (Å²) in [7, 11) is 0. The lowest BCUT2D eigenvalue weighted by atomic mass is 9.67. The van der Waals surface area contributed by atoms with Crippen LogP contribution in [0.3, 0.4) is 0 Å². The minimum Gasteiger partial charge on any atom is -0.238 e. The van der Waals surface area contributed by atoms with Gasteiger partial charge in [-0.15, -0.1) is 0 Å². The van der Waals surface area contributed by atoms with Crippen LogP contribution in [0, 0.1) is 82.5 Å². The Kier molecular flexibility index (Phi) is 35.9. The molecule has 23 heteroatoms. The summed E-state index contributed by atoms with van der Waals surface area (Å²) in [5, 5.41) is 0. The van der Waals surface area contributed by atoms with Crippen LogP contribution in [0.1, 0.15) is 236 Å². The normalized spacial score (nSPS) is 26.9. The molecule has 10 rings (SSSR count). The predicted octanol–water partition coefficient (Wildman–Crippen LogP) is 30.4. The maximum absolute atomic E-state index is 13.3. The Hall–Kier alpha value is -5.51. The van der Waals surface area contributed by atoms with Crippen LogP contribution in [0.15, 0.2) is 127 Å². The van der Waals surface area contributed by atoms with Gasteiger partial charge in [-0.1, -0.05) is 220 Å². The van der Waals surface area contributed by atoms with E-state index in [4.69, 9.17) is 0 Å². The molecule has 0 radical (unpaired) electrons. The van der Waals surface area contributed by atoms with Gasteiger partial charge in [-0.3, -0.25) is 0 Å². The first-order valence-electron chi connectivity index (χ1n) is 36.0. The Bertz CT molecular complexity index is 3330. The van der Waals surface area contributed by atoms with E-state index >= 15 is 0 Å². The fourth-order valence-corrected chi connectivity index (χ4v) is 12.0. The van der Waals surface area contributed by atoms with E-state index in [2.05, 4.69) is 192 Å². The van der Waals surface area contributed by atoms with Gasteiger partial charge in [0.1, 0.15) is 0 Å². The van der Waals surface area contributed by atoms with E-state index in [0.717, 1.165) is 19.8 Å². The molecule has 0 N–H and O–H groups in total. The van der Waals surface area contributed by atoms with Gasteiger partial charge in [-0.05, 0) is 178 Å². The van der Waals surface area contributed by atoms with E-state index in [-0.39, 0.29) is 24.7 Å². The van der Waals surface area contributed by atoms with Crippen molar-refractivity contribution < 1.29 is 101 Å². The van der Waals surface area contributed by atoms with Crippen molar-refractivity contribution in [3.05, 3.63) is 177 Å². The Balaban J connectivity index is 0.000000598. The predicted molar refractivity (Wildman–Crippen MR) is 386 cm³/mol. The lowest BCUT2D eigenvalue weighted by Crippen LogP contribution is -2.61. The van der Waals surface area contributed by atoms with Gasteiger partial charge in [0.25, 0.3) is 23.7 Å². The van der Waals surface area contributed by atoms with Gasteiger partial charge in [-0.25, -0.2) is 52.7 Å². The zero-order valence-electron chi connectivity index (χ0n) is 65.9. The van der Waals surface area contributed by atoms with Gasteiger partial charge in [0.2, 0.25) is 6.43 Å². The molecule has 107 heavy (non-hydrogen) atoms. The number of rotatable bonds is 2. The maximum atomic E-state index is 13.3. The van der Waals surface area contributed by atoms with Crippen LogP contribution >= 0.6 is 0 Å². The number of halogens is 23. The second-order valence-electron chi connectivity index (χ2n) is 32.6. The van der Waals surface area contributed by atoms with Crippen molar-refractivity contribution in [2.45, 2.75) is 312 Å². The fourth-order valence-electron chi connectivity index (χ4n) is 12.0. The van der Waals surface area contributed by atoms with Crippen molar-refractivity contribution in [1.29, 1.82) is 0 Å². The standard InChI is InChI=1S/C11H16.C10H14.C9H12F6.C9H14F4.C9H15F3.2C8H10.C7H9F5.C7H8.C6H7F5/c1-9-7-5-6-8-10(9)11(2,3)4;1-8(2)10-7-5-4-6-9(10)3;1-5-3-4-7(2,6(10)11)9(14,15)8(5,12)13;1-6-4-5-7(2,3)9(12,13)8(6,10)11;1-7-3-5-8(2,6-4-7)9(10,11)12;1-7-3-5-8(2)6-4-7;1-7-5-3-4-6-8(7)2;1-5(8)2-3-6(9,10)4-7(5,11)12;1-7-5-3-2-4-6-7;1-4(7)2-5(8,9)3-6(4,10)11/h5-8H,1-4H3;4-8H,1-3H3;5-6H,3-4H2,1-2H3;6H,4-5H2,1-3H3;7H,3-6H2,1-2H3;2*3-6H,1-2H3;2-4H2,1H3;2-6H,1H3;2-3H2,1H3/t;;5-,7?;6-;;;;;;/m..11....../s1. The third-order valence-electron chi connectivity index (χ3n) is 20.9. The van der Waals surface area contributed by atoms with Gasteiger partial charge >= 0.3 is 29.9 Å². The average molecular weight is 1560 g/mol. The van der Waals surface area contributed by atoms with Crippen LogP contribution < -0.4 is 0 Å². The number of alkyl halides is 23. The summed E-state index contributed by atoms with van der Waals surface area (Å²) in [6, 6.07) is 44.2. The van der Waals surface area contributed by atoms with E-state index in [1.165, 1.54) is 77.8 Å². The largest absolute Gasteiger partial charge is 0.394 e. The Morgan fingerprint density at radius 2 is 0.738 bits per heavy atom. The molecule has 0 spiro atoms. The fraction of sp³-hybridized carbons (Fsp3) is 0.643. The van der Waals surface area contributed by atoms with E-state index in [0.29, 0.717) is 45.4 Å². The quantitative estimate of drug-likeness (QED) is 0.155. The van der Waals surface area contributed by atoms with Crippen LogP contribution in [0.4, 0.5) is 101 Å². The highest BCUT2D eigenvalue weighted by Gasteiger charge is 2.74. The first-order valence-corrected chi connectivity index (χ1v) is 36.0. The molecule has 5 aromatic carbocycles. The van der Waals surface area contributed by atoms with E-state index in [1.54, 1.807) is 0 Å². The van der Waals surface area contributed by atoms with Crippen molar-refractivity contribution in [2.75, 3.05) is 0 Å². The van der Waals surface area contributed by atoms with Crippen molar-refractivity contribution in [1.82, 2.24) is 0 Å². The van der Waals surface area contributed by atoms with Gasteiger partial charge < -0.3 is 0 Å². The number of hydrogen-bond acceptors (Lipinski definition) is 0. The summed E-state index contributed by atoms with van der Waals surface area (Å²) in [6.07, 6.45) is -12.3. The summed E-state index contributed by atoms with van der Waals surface area (Å²) in [5.74, 6) is -33.2. The maximum Gasteiger partial charge on any atom is 0.394 e. The topological polar surface area (TPSA) is 0 Å². The summed E-state index contributed by atoms with van der Waals surface area (Å²) in [6.45, 7) is 35.6. The molecule has 612 valence electrons. The van der Waals surface area contributed by atoms with Crippen molar-refractivity contribution in [3.8, 4) is 0 Å². The monoisotopic (exact) mass is 1560 g/mol. The third-order valence-corrected chi connectivity index (χ3v) is 20.9. The summed E-state index contributed by atoms with van der Waals surface area (Å²) in [5.41, 5.74) is 0.927. The summed E-state index contributed by atoms with van der Waals surface area (Å²) in [4.78, 5) is 0. The average Bonchev–Trinajstić information content (AvgIpc) is 0.982. The minimum absolute atomic E-state index is 0.150. The molecule has 5 aliphatic carbocycles. The van der Waals surface area contributed by atoms with Crippen LogP contribution in [0.5, 0.6) is 0 Å². The smallest absolute Gasteiger partial charge is 0.238 e. The summed E-state index contributed by atoms with van der Waals surface area (Å²) < 4.78 is 293. The van der Waals surface area contributed by atoms with Crippen LogP contribution in [-0.2, 0) is 5.41 Å². The summed E-state index contributed by atoms with van der Waals surface area (Å²) >= 11 is 0. The molecule has 0 amide bonds. The molecule has 0 saturated heterocycles. The van der Waals surface area contributed by atoms with E-state index in [1.807, 2.05) is 25.1 Å². The van der Waals surface area contributed by atoms with Crippen molar-refractivity contribution >= 4 is 0 Å². The first-order chi connectivity index (χ1) is 48.1. The Labute approximate surface area is 621 Å². The molecule has 5 saturated carbocycles. The lowest BCUT2D eigenvalue weighted by Gasteiger charge is -2.47. The van der Waals surface area contributed by atoms with Crippen molar-refractivity contribution in [2.24, 2.45) is 34.0 Å². The molecule has 5 atom stereocenters. The zero-order valence-corrected chi connectivity index (χ0v) is 65.9. The second-order valence-corrected chi connectivity index (χ2v) is 32.6. The van der Waals surface area contributed by atoms with Gasteiger partial charge in [0.15, 0.2) is 11.3 Å². The molecular formula is C84H115F23. The second kappa shape index (κ2) is 38.6. The van der Waals surface area contributed by atoms with Crippen LogP contribution in [0.2, 0.25) is 0 Å². The number of aryl methyl sites for hydroxylation is 7. The molecule has 0 heterocycles. The number of benzene rings is 5. The molecule has 0 aliphatic heterocycles. The van der Waals surface area contributed by atoms with Gasteiger partial charge in [-0.2, -0.15) is 48.3 Å². The van der Waals surface area contributed by atoms with E-state index < -0.39 is 138 Å². The lowest BCUT2D eigenvalue weighted by molar-refractivity contribution is -0.327. The van der Waals surface area contributed by atoms with Crippen LogP contribution in [-0.4, -0.2) is 71.3 Å². The molecule has 5 fully saturated rings. The molecule has 5 aromatic rings. The van der Waals surface area contributed by atoms with E-state index in [9.17, 15) is 101 Å². The molecule has 5 aliphatic rings.